The fourth-order valence-electron chi connectivity index (χ4n) is 9.68. The second-order valence-electron chi connectivity index (χ2n) is 18.5. The molecule has 2 N–H and O–H groups in total. The number of fused-ring (bicyclic) bond motifs is 1. The fraction of sp³-hybridized carbons (Fsp3) is 0.511. The van der Waals surface area contributed by atoms with Gasteiger partial charge in [-0.2, -0.15) is 25.2 Å². The zero-order chi connectivity index (χ0) is 43.3. The van der Waals surface area contributed by atoms with Crippen molar-refractivity contribution < 1.29 is 22.8 Å². The lowest BCUT2D eigenvalue weighted by Gasteiger charge is -2.49. The molecule has 6 atom stereocenters. The van der Waals surface area contributed by atoms with Crippen LogP contribution in [0.1, 0.15) is 89.6 Å². The van der Waals surface area contributed by atoms with Gasteiger partial charge >= 0.3 is 6.01 Å². The molecular formula is C45H56FN9O4SSi. The number of nitrogen functional groups attached to an aromatic ring is 1. The van der Waals surface area contributed by atoms with Gasteiger partial charge in [-0.15, -0.1) is 11.3 Å². The van der Waals surface area contributed by atoms with Gasteiger partial charge in [-0.25, -0.2) is 4.39 Å². The number of aromatic nitrogens is 5. The minimum absolute atomic E-state index is 0.0602. The number of aryl methyl sites for hydroxylation is 1. The number of thiophene rings is 1. The van der Waals surface area contributed by atoms with Gasteiger partial charge in [0.05, 0.1) is 42.4 Å². The number of likely N-dealkylation sites (tertiary alicyclic amines) is 1. The molecule has 0 radical (unpaired) electrons. The molecule has 61 heavy (non-hydrogen) atoms. The van der Waals surface area contributed by atoms with E-state index >= 15 is 0 Å². The lowest BCUT2D eigenvalue weighted by molar-refractivity contribution is -0.00222. The van der Waals surface area contributed by atoms with Crippen LogP contribution in [-0.2, 0) is 21.0 Å². The first kappa shape index (κ1) is 42.9. The summed E-state index contributed by atoms with van der Waals surface area (Å²) < 4.78 is 41.4. The first-order valence-corrected chi connectivity index (χ1v) is 23.9. The molecule has 2 fully saturated rings. The van der Waals surface area contributed by atoms with Crippen molar-refractivity contribution in [2.75, 3.05) is 44.0 Å². The third-order valence-corrected chi connectivity index (χ3v) is 19.0. The van der Waals surface area contributed by atoms with E-state index in [0.717, 1.165) is 33.7 Å². The fourth-order valence-corrected chi connectivity index (χ4v) is 15.7. The van der Waals surface area contributed by atoms with Crippen molar-refractivity contribution >= 4 is 41.0 Å². The van der Waals surface area contributed by atoms with E-state index in [1.54, 1.807) is 0 Å². The number of nitrogens with zero attached hydrogens (tertiary/aromatic N) is 8. The number of rotatable bonds is 10. The number of hydrogen-bond acceptors (Lipinski definition) is 14. The van der Waals surface area contributed by atoms with E-state index in [4.69, 9.17) is 44.1 Å². The van der Waals surface area contributed by atoms with Crippen LogP contribution < -0.4 is 25.7 Å². The van der Waals surface area contributed by atoms with Crippen LogP contribution in [0.15, 0.2) is 65.2 Å². The molecule has 3 aromatic heterocycles. The van der Waals surface area contributed by atoms with E-state index in [2.05, 4.69) is 99.3 Å². The Bertz CT molecular complexity index is 2350. The highest BCUT2D eigenvalue weighted by molar-refractivity contribution is 7.16. The van der Waals surface area contributed by atoms with E-state index in [-0.39, 0.29) is 34.8 Å². The molecule has 13 nitrogen and oxygen atoms in total. The number of alkyl halides is 1. The Hall–Kier alpha value is -4.79. The van der Waals surface area contributed by atoms with E-state index in [0.29, 0.717) is 61.5 Å². The van der Waals surface area contributed by atoms with E-state index in [9.17, 15) is 9.65 Å². The molecule has 2 aliphatic heterocycles. The topological polar surface area (TPSA) is 162 Å². The summed E-state index contributed by atoms with van der Waals surface area (Å²) >= 11 is 1.45. The molecule has 0 bridgehead atoms. The molecule has 322 valence electrons. The maximum atomic E-state index is 14.6. The van der Waals surface area contributed by atoms with Gasteiger partial charge < -0.3 is 29.1 Å². The van der Waals surface area contributed by atoms with Crippen molar-refractivity contribution in [2.45, 2.75) is 115 Å². The summed E-state index contributed by atoms with van der Waals surface area (Å²) in [5.74, 6) is 0.987. The van der Waals surface area contributed by atoms with Crippen LogP contribution in [-0.4, -0.2) is 102 Å². The Morgan fingerprint density at radius 2 is 1.72 bits per heavy atom. The number of likely N-dealkylation sites (N-methyl/N-ethyl adjacent to an activating group) is 1. The first-order chi connectivity index (χ1) is 29.0. The zero-order valence-electron chi connectivity index (χ0n) is 36.3. The lowest BCUT2D eigenvalue weighted by atomic mass is 9.72. The maximum Gasteiger partial charge on any atom is 0.322 e. The Morgan fingerprint density at radius 3 is 2.34 bits per heavy atom. The van der Waals surface area contributed by atoms with Crippen LogP contribution in [0.4, 0.5) is 15.3 Å². The smallest absolute Gasteiger partial charge is 0.322 e. The molecule has 0 amide bonds. The number of hydrogen-bond donors (Lipinski definition) is 1. The number of anilines is 2. The molecule has 16 heteroatoms. The lowest BCUT2D eigenvalue weighted by Crippen LogP contribution is -2.70. The monoisotopic (exact) mass is 865 g/mol. The molecule has 3 aliphatic rings. The molecule has 0 saturated carbocycles. The van der Waals surface area contributed by atoms with Crippen molar-refractivity contribution in [3.05, 3.63) is 82.6 Å². The molecule has 5 aromatic rings. The van der Waals surface area contributed by atoms with Crippen molar-refractivity contribution in [1.82, 2.24) is 30.0 Å². The van der Waals surface area contributed by atoms with Crippen LogP contribution >= 0.6 is 11.3 Å². The number of ether oxygens (including phenoxy) is 2. The number of benzene rings is 2. The van der Waals surface area contributed by atoms with Gasteiger partial charge in [-0.3, -0.25) is 4.90 Å². The highest BCUT2D eigenvalue weighted by Crippen LogP contribution is 2.49. The van der Waals surface area contributed by atoms with Crippen LogP contribution in [0.25, 0.3) is 11.6 Å². The largest absolute Gasteiger partial charge is 0.459 e. The van der Waals surface area contributed by atoms with Gasteiger partial charge in [-0.1, -0.05) is 86.6 Å². The Labute approximate surface area is 362 Å². The van der Waals surface area contributed by atoms with E-state index in [1.165, 1.54) is 11.3 Å². The van der Waals surface area contributed by atoms with Crippen molar-refractivity contribution in [1.29, 1.82) is 5.26 Å². The van der Waals surface area contributed by atoms with Crippen molar-refractivity contribution in [3.8, 4) is 23.7 Å². The third-order valence-electron chi connectivity index (χ3n) is 12.7. The maximum absolute atomic E-state index is 14.6. The van der Waals surface area contributed by atoms with Gasteiger partial charge in [-0.05, 0) is 75.8 Å². The summed E-state index contributed by atoms with van der Waals surface area (Å²) in [6, 6.07) is 23.1. The van der Waals surface area contributed by atoms with Crippen LogP contribution in [0.5, 0.6) is 6.01 Å². The average molecular weight is 866 g/mol. The average Bonchev–Trinajstić information content (AvgIpc) is 3.93. The summed E-state index contributed by atoms with van der Waals surface area (Å²) in [5, 5.41) is 17.1. The zero-order valence-corrected chi connectivity index (χ0v) is 38.1. The predicted octanol–water partition coefficient (Wildman–Crippen LogP) is 6.45. The third kappa shape index (κ3) is 7.95. The summed E-state index contributed by atoms with van der Waals surface area (Å²) in [6.45, 7) is 16.3. The second-order valence-corrected chi connectivity index (χ2v) is 23.8. The summed E-state index contributed by atoms with van der Waals surface area (Å²) in [4.78, 5) is 24.8. The molecule has 1 unspecified atom stereocenters. The van der Waals surface area contributed by atoms with Gasteiger partial charge in [0.2, 0.25) is 23.5 Å². The Kier molecular flexibility index (Phi) is 11.6. The molecule has 2 saturated heterocycles. The highest BCUT2D eigenvalue weighted by Gasteiger charge is 2.55. The van der Waals surface area contributed by atoms with Crippen LogP contribution in [0, 0.1) is 11.3 Å². The number of nitrogens with two attached hydrogens (primary N) is 1. The molecular weight excluding hydrogens is 810 g/mol. The van der Waals surface area contributed by atoms with Gasteiger partial charge in [0.25, 0.3) is 8.32 Å². The molecule has 2 aromatic carbocycles. The van der Waals surface area contributed by atoms with Crippen LogP contribution in [0.2, 0.25) is 5.04 Å². The minimum atomic E-state index is -3.04. The molecule has 1 aliphatic carbocycles. The quantitative estimate of drug-likeness (QED) is 0.153. The predicted molar refractivity (Wildman–Crippen MR) is 237 cm³/mol. The van der Waals surface area contributed by atoms with Crippen molar-refractivity contribution in [3.63, 3.8) is 0 Å². The second kappa shape index (κ2) is 16.5. The highest BCUT2D eigenvalue weighted by atomic mass is 32.1. The van der Waals surface area contributed by atoms with Crippen LogP contribution in [0.3, 0.4) is 0 Å². The van der Waals surface area contributed by atoms with Gasteiger partial charge in [0.1, 0.15) is 23.3 Å². The van der Waals surface area contributed by atoms with Gasteiger partial charge in [0, 0.05) is 23.0 Å². The van der Waals surface area contributed by atoms with E-state index in [1.807, 2.05) is 37.9 Å². The number of halogens is 1. The summed E-state index contributed by atoms with van der Waals surface area (Å²) in [6.07, 6.45) is 1.34. The van der Waals surface area contributed by atoms with E-state index < -0.39 is 31.6 Å². The summed E-state index contributed by atoms with van der Waals surface area (Å²) in [5.41, 5.74) is 6.06. The standard InChI is InChI=1S/C45H56FN9O4SSi/c1-28-25-56-27-44(6,59-61(43(3,4)5,31-16-11-9-12-17-31)32-18-13-10-14-19-32)26-55(28)41-50-38(51-42(52-41)57-29(2)34-22-30(46)24-54(34)8)39-49-40(58-53-39)45(7)21-15-20-35-36(45)33(23-47)37(48)60-35/h9-14,16-19,28-30,34H,15,20-22,24-27,48H2,1-8H3/t28-,29?,30-,34-,44+,45+/m1/s1. The number of nitriles is 1. The molecule has 5 heterocycles. The van der Waals surface area contributed by atoms with Gasteiger partial charge in [0.15, 0.2) is 0 Å². The SMILES string of the molecule is CC(Oc1nc(-c2noc([C@@]3(C)CCCc4sc(N)c(C#N)c43)n2)nc(N2C[C@](C)(O[Si](c3ccccc3)(c3ccccc3)C(C)(C)C)COC[C@H]2C)n1)[C@H]1C[C@@H](F)CN1C. The molecule has 8 rings (SSSR count). The minimum Gasteiger partial charge on any atom is -0.459 e. The Balaban J connectivity index is 1.21. The van der Waals surface area contributed by atoms with Crippen molar-refractivity contribution in [2.24, 2.45) is 0 Å². The Morgan fingerprint density at radius 1 is 1.03 bits per heavy atom. The normalized spacial score (nSPS) is 25.4. The summed E-state index contributed by atoms with van der Waals surface area (Å²) in [7, 11) is -1.14. The first-order valence-electron chi connectivity index (χ1n) is 21.1. The molecule has 0 spiro atoms.